The van der Waals surface area contributed by atoms with Crippen molar-refractivity contribution in [1.29, 1.82) is 0 Å². The van der Waals surface area contributed by atoms with Gasteiger partial charge in [0.2, 0.25) is 5.91 Å². The molecule has 0 aliphatic carbocycles. The number of halogens is 1. The van der Waals surface area contributed by atoms with Crippen LogP contribution in [0.5, 0.6) is 5.75 Å². The molecule has 2 aromatic rings. The zero-order valence-electron chi connectivity index (χ0n) is 16.2. The minimum absolute atomic E-state index is 0.0170. The Kier molecular flexibility index (Phi) is 5.48. The number of hydrogen-bond donors (Lipinski definition) is 1. The molecule has 2 aromatic carbocycles. The monoisotopic (exact) mass is 417 g/mol. The fourth-order valence-electron chi connectivity index (χ4n) is 3.04. The van der Waals surface area contributed by atoms with Gasteiger partial charge in [-0.1, -0.05) is 11.6 Å². The topological polar surface area (TPSA) is 102 Å². The first-order chi connectivity index (χ1) is 13.6. The molecule has 0 radical (unpaired) electrons. The highest BCUT2D eigenvalue weighted by Crippen LogP contribution is 2.38. The van der Waals surface area contributed by atoms with E-state index in [0.717, 1.165) is 6.07 Å². The average molecular weight is 418 g/mol. The lowest BCUT2D eigenvalue weighted by atomic mass is 9.93. The largest absolute Gasteiger partial charge is 0.490 e. The lowest BCUT2D eigenvalue weighted by Crippen LogP contribution is -2.42. The quantitative estimate of drug-likeness (QED) is 0.591. The number of non-ortho nitro benzene ring substituents is 1. The van der Waals surface area contributed by atoms with Gasteiger partial charge in [-0.25, -0.2) is 0 Å². The third-order valence-electron chi connectivity index (χ3n) is 4.64. The maximum atomic E-state index is 12.8. The number of nitro benzene ring substituents is 1. The van der Waals surface area contributed by atoms with Crippen LogP contribution in [0.1, 0.15) is 31.1 Å². The standard InChI is InChI=1S/C20H20ClN3O5/c1-4-23-16-9-12(5-8-17(16)29-11-20(2,3)19(23)26)22-18(25)14-10-13(24(27)28)6-7-15(14)21/h5-10H,4,11H2,1-3H3,(H,22,25). The molecule has 2 amide bonds. The second kappa shape index (κ2) is 7.71. The van der Waals surface area contributed by atoms with Gasteiger partial charge in [0.25, 0.3) is 11.6 Å². The van der Waals surface area contributed by atoms with E-state index in [9.17, 15) is 19.7 Å². The molecule has 1 heterocycles. The van der Waals surface area contributed by atoms with Gasteiger partial charge in [-0.3, -0.25) is 19.7 Å². The summed E-state index contributed by atoms with van der Waals surface area (Å²) in [6.07, 6.45) is 0. The molecule has 0 saturated heterocycles. The Balaban J connectivity index is 1.93. The van der Waals surface area contributed by atoms with Gasteiger partial charge in [0.15, 0.2) is 0 Å². The van der Waals surface area contributed by atoms with Crippen LogP contribution < -0.4 is 15.0 Å². The molecule has 0 fully saturated rings. The molecular formula is C20H20ClN3O5. The molecule has 1 aliphatic heterocycles. The predicted octanol–water partition coefficient (Wildman–Crippen LogP) is 4.27. The van der Waals surface area contributed by atoms with Crippen molar-refractivity contribution in [3.05, 3.63) is 57.1 Å². The molecule has 0 atom stereocenters. The number of nitrogens with one attached hydrogen (secondary N) is 1. The van der Waals surface area contributed by atoms with E-state index in [4.69, 9.17) is 16.3 Å². The number of amides is 2. The van der Waals surface area contributed by atoms with Crippen LogP contribution in [0.3, 0.4) is 0 Å². The molecule has 152 valence electrons. The number of rotatable bonds is 4. The first kappa shape index (κ1) is 20.6. The van der Waals surface area contributed by atoms with E-state index in [1.165, 1.54) is 12.1 Å². The molecule has 1 N–H and O–H groups in total. The highest BCUT2D eigenvalue weighted by molar-refractivity contribution is 6.34. The van der Waals surface area contributed by atoms with E-state index in [0.29, 0.717) is 23.7 Å². The normalized spacial score (nSPS) is 15.2. The predicted molar refractivity (Wildman–Crippen MR) is 110 cm³/mol. The second-order valence-electron chi connectivity index (χ2n) is 7.28. The van der Waals surface area contributed by atoms with Gasteiger partial charge in [0, 0.05) is 24.4 Å². The van der Waals surface area contributed by atoms with Gasteiger partial charge in [-0.05, 0) is 45.0 Å². The molecule has 8 nitrogen and oxygen atoms in total. The highest BCUT2D eigenvalue weighted by atomic mass is 35.5. The summed E-state index contributed by atoms with van der Waals surface area (Å²) < 4.78 is 5.80. The number of anilines is 2. The Morgan fingerprint density at radius 3 is 2.69 bits per heavy atom. The maximum absolute atomic E-state index is 12.8. The number of carbonyl (C=O) groups excluding carboxylic acids is 2. The number of hydrogen-bond acceptors (Lipinski definition) is 5. The number of fused-ring (bicyclic) bond motifs is 1. The van der Waals surface area contributed by atoms with Crippen molar-refractivity contribution < 1.29 is 19.2 Å². The van der Waals surface area contributed by atoms with Gasteiger partial charge < -0.3 is 15.0 Å². The number of benzene rings is 2. The molecule has 3 rings (SSSR count). The van der Waals surface area contributed by atoms with Crippen molar-refractivity contribution in [1.82, 2.24) is 0 Å². The van der Waals surface area contributed by atoms with Crippen LogP contribution in [-0.4, -0.2) is 29.9 Å². The lowest BCUT2D eigenvalue weighted by Gasteiger charge is -2.27. The molecule has 0 aromatic heterocycles. The number of carbonyl (C=O) groups is 2. The van der Waals surface area contributed by atoms with Crippen LogP contribution in [0.4, 0.5) is 17.1 Å². The Morgan fingerprint density at radius 2 is 2.03 bits per heavy atom. The van der Waals surface area contributed by atoms with Crippen molar-refractivity contribution in [2.75, 3.05) is 23.4 Å². The summed E-state index contributed by atoms with van der Waals surface area (Å²) in [5.41, 5.74) is 0.0166. The summed E-state index contributed by atoms with van der Waals surface area (Å²) in [6, 6.07) is 8.61. The molecule has 1 aliphatic rings. The van der Waals surface area contributed by atoms with Crippen molar-refractivity contribution in [3.8, 4) is 5.75 Å². The minimum atomic E-state index is -0.686. The Hall–Kier alpha value is -3.13. The van der Waals surface area contributed by atoms with Gasteiger partial charge in [0.05, 0.1) is 26.6 Å². The summed E-state index contributed by atoms with van der Waals surface area (Å²) in [5.74, 6) is -0.135. The molecular weight excluding hydrogens is 398 g/mol. The first-order valence-corrected chi connectivity index (χ1v) is 9.36. The summed E-state index contributed by atoms with van der Waals surface area (Å²) in [4.78, 5) is 37.5. The number of nitro groups is 1. The van der Waals surface area contributed by atoms with E-state index in [1.54, 1.807) is 23.1 Å². The van der Waals surface area contributed by atoms with Crippen molar-refractivity contribution in [2.45, 2.75) is 20.8 Å². The van der Waals surface area contributed by atoms with Crippen LogP contribution in [0.25, 0.3) is 0 Å². The fraction of sp³-hybridized carbons (Fsp3) is 0.300. The van der Waals surface area contributed by atoms with E-state index in [1.807, 2.05) is 20.8 Å². The van der Waals surface area contributed by atoms with E-state index in [2.05, 4.69) is 5.32 Å². The zero-order valence-corrected chi connectivity index (χ0v) is 16.9. The Labute approximate surface area is 172 Å². The Morgan fingerprint density at radius 1 is 1.31 bits per heavy atom. The van der Waals surface area contributed by atoms with Crippen molar-refractivity contribution >= 4 is 40.5 Å². The van der Waals surface area contributed by atoms with Crippen LogP contribution in [0.2, 0.25) is 5.02 Å². The van der Waals surface area contributed by atoms with E-state index >= 15 is 0 Å². The summed E-state index contributed by atoms with van der Waals surface area (Å²) in [7, 11) is 0. The van der Waals surface area contributed by atoms with E-state index in [-0.39, 0.29) is 28.8 Å². The molecule has 9 heteroatoms. The highest BCUT2D eigenvalue weighted by Gasteiger charge is 2.37. The van der Waals surface area contributed by atoms with Gasteiger partial charge in [0.1, 0.15) is 12.4 Å². The summed E-state index contributed by atoms with van der Waals surface area (Å²) >= 11 is 6.04. The third-order valence-corrected chi connectivity index (χ3v) is 4.97. The molecule has 0 unspecified atom stereocenters. The molecule has 0 bridgehead atoms. The number of ether oxygens (including phenoxy) is 1. The number of nitrogens with zero attached hydrogens (tertiary/aromatic N) is 2. The van der Waals surface area contributed by atoms with Crippen LogP contribution in [-0.2, 0) is 4.79 Å². The summed E-state index contributed by atoms with van der Waals surface area (Å²) in [6.45, 7) is 6.17. The Bertz CT molecular complexity index is 1010. The van der Waals surface area contributed by atoms with Crippen LogP contribution in [0, 0.1) is 15.5 Å². The minimum Gasteiger partial charge on any atom is -0.490 e. The lowest BCUT2D eigenvalue weighted by molar-refractivity contribution is -0.384. The van der Waals surface area contributed by atoms with Gasteiger partial charge >= 0.3 is 0 Å². The molecule has 0 spiro atoms. The van der Waals surface area contributed by atoms with Crippen LogP contribution >= 0.6 is 11.6 Å². The second-order valence-corrected chi connectivity index (χ2v) is 7.69. The van der Waals surface area contributed by atoms with Crippen molar-refractivity contribution in [3.63, 3.8) is 0 Å². The molecule has 29 heavy (non-hydrogen) atoms. The van der Waals surface area contributed by atoms with E-state index < -0.39 is 16.2 Å². The maximum Gasteiger partial charge on any atom is 0.270 e. The first-order valence-electron chi connectivity index (χ1n) is 8.98. The van der Waals surface area contributed by atoms with Gasteiger partial charge in [-0.15, -0.1) is 0 Å². The smallest absolute Gasteiger partial charge is 0.270 e. The van der Waals surface area contributed by atoms with Crippen molar-refractivity contribution in [2.24, 2.45) is 5.41 Å². The SMILES string of the molecule is CCN1C(=O)C(C)(C)COc2ccc(NC(=O)c3cc([N+](=O)[O-])ccc3Cl)cc21. The fourth-order valence-corrected chi connectivity index (χ4v) is 3.24. The zero-order chi connectivity index (χ0) is 21.3. The third kappa shape index (κ3) is 4.02. The molecule has 0 saturated carbocycles. The van der Waals surface area contributed by atoms with Crippen LogP contribution in [0.15, 0.2) is 36.4 Å². The average Bonchev–Trinajstić information content (AvgIpc) is 2.76. The summed E-state index contributed by atoms with van der Waals surface area (Å²) in [5, 5.41) is 13.7. The van der Waals surface area contributed by atoms with Gasteiger partial charge in [-0.2, -0.15) is 0 Å².